The Morgan fingerprint density at radius 1 is 1.20 bits per heavy atom. The zero-order chi connectivity index (χ0) is 8.43. The van der Waals surface area contributed by atoms with Gasteiger partial charge in [0.25, 0.3) is 0 Å². The summed E-state index contributed by atoms with van der Waals surface area (Å²) in [5.74, 6) is -0.371. The van der Waals surface area contributed by atoms with Gasteiger partial charge in [-0.15, -0.1) is 0 Å². The van der Waals surface area contributed by atoms with Crippen LogP contribution in [0.4, 0.5) is 0 Å². The number of rotatable bonds is 0. The number of carbonyl (C=O) groups excluding carboxylic acids is 2. The fourth-order valence-corrected chi connectivity index (χ4v) is 0.704. The van der Waals surface area contributed by atoms with Crippen LogP contribution >= 0.6 is 0 Å². The van der Waals surface area contributed by atoms with Crippen molar-refractivity contribution >= 4 is 11.6 Å². The molecule has 0 amide bonds. The zero-order valence-corrected chi connectivity index (χ0v) is 5.68. The molecule has 1 rings (SSSR count). The number of hydrogen-bond acceptors (Lipinski definition) is 2. The third-order valence-corrected chi connectivity index (χ3v) is 1.36. The Kier molecular flexibility index (Phi) is 1.24. The van der Waals surface area contributed by atoms with Crippen molar-refractivity contribution < 1.29 is 11.0 Å². The molecule has 52 valence electrons. The van der Waals surface area contributed by atoms with E-state index in [2.05, 4.69) is 0 Å². The molecule has 1 aliphatic rings. The van der Waals surface area contributed by atoms with E-state index in [1.807, 2.05) is 0 Å². The third-order valence-electron chi connectivity index (χ3n) is 1.36. The van der Waals surface area contributed by atoms with Gasteiger partial charge in [0.05, 0.1) is 0 Å². The van der Waals surface area contributed by atoms with E-state index >= 15 is 0 Å². The molecule has 0 radical (unpaired) electrons. The summed E-state index contributed by atoms with van der Waals surface area (Å²) in [6.45, 7) is 1.48. The summed E-state index contributed by atoms with van der Waals surface area (Å²) < 4.78 is 6.91. The van der Waals surface area contributed by atoms with E-state index in [-0.39, 0.29) is 24.0 Å². The van der Waals surface area contributed by atoms with Crippen molar-refractivity contribution in [1.29, 1.82) is 0 Å². The second-order valence-electron chi connectivity index (χ2n) is 2.23. The van der Waals surface area contributed by atoms with Gasteiger partial charge >= 0.3 is 0 Å². The molecule has 0 unspecified atom stereocenters. The maximum absolute atomic E-state index is 11.0. The molecule has 0 saturated heterocycles. The molecular formula is C8H8O2. The fraction of sp³-hybridized carbons (Fsp3) is 0.250. The van der Waals surface area contributed by atoms with Gasteiger partial charge in [0.2, 0.25) is 0 Å². The molecule has 0 aromatic heterocycles. The van der Waals surface area contributed by atoms with Gasteiger partial charge in [-0.25, -0.2) is 0 Å². The van der Waals surface area contributed by atoms with E-state index in [1.54, 1.807) is 6.92 Å². The lowest BCUT2D eigenvalue weighted by Gasteiger charge is -2.03. The second kappa shape index (κ2) is 2.21. The predicted octanol–water partition coefficient (Wildman–Crippen LogP) is 1.03. The van der Waals surface area contributed by atoms with Crippen LogP contribution < -0.4 is 0 Å². The molecular weight excluding hydrogens is 128 g/mol. The molecule has 2 nitrogen and oxygen atoms in total. The lowest BCUT2D eigenvalue weighted by molar-refractivity contribution is -0.115. The number of hydrogen-bond donors (Lipinski definition) is 0. The van der Waals surface area contributed by atoms with Crippen LogP contribution in [0.2, 0.25) is 0 Å². The van der Waals surface area contributed by atoms with Crippen LogP contribution in [0.1, 0.15) is 15.2 Å². The van der Waals surface area contributed by atoms with E-state index in [0.29, 0.717) is 5.57 Å². The van der Waals surface area contributed by atoms with E-state index < -0.39 is 0 Å². The summed E-state index contributed by atoms with van der Waals surface area (Å²) in [6, 6.07) is 0. The predicted molar refractivity (Wildman–Crippen MR) is 37.5 cm³/mol. The van der Waals surface area contributed by atoms with Gasteiger partial charge in [0.1, 0.15) is 0 Å². The number of ketones is 2. The van der Waals surface area contributed by atoms with Gasteiger partial charge in [-0.05, 0) is 26.0 Å². The summed E-state index contributed by atoms with van der Waals surface area (Å²) in [7, 11) is 0. The van der Waals surface area contributed by atoms with E-state index in [4.69, 9.17) is 1.37 Å². The minimum atomic E-state index is -0.211. The van der Waals surface area contributed by atoms with Crippen LogP contribution in [0.15, 0.2) is 23.3 Å². The molecule has 0 heterocycles. The Balaban J connectivity index is 2.98. The highest BCUT2D eigenvalue weighted by atomic mass is 16.1. The van der Waals surface area contributed by atoms with Crippen molar-refractivity contribution in [2.75, 3.05) is 0 Å². The van der Waals surface area contributed by atoms with Crippen LogP contribution in [0, 0.1) is 0 Å². The lowest BCUT2D eigenvalue weighted by Crippen LogP contribution is -2.08. The largest absolute Gasteiger partial charge is 0.290 e. The summed E-state index contributed by atoms with van der Waals surface area (Å²) in [5, 5.41) is 0. The van der Waals surface area contributed by atoms with Gasteiger partial charge in [-0.2, -0.15) is 0 Å². The highest BCUT2D eigenvalue weighted by Crippen LogP contribution is 2.09. The smallest absolute Gasteiger partial charge is 0.182 e. The van der Waals surface area contributed by atoms with Crippen LogP contribution in [0.5, 0.6) is 0 Å². The van der Waals surface area contributed by atoms with Crippen LogP contribution in [0.3, 0.4) is 0 Å². The van der Waals surface area contributed by atoms with Gasteiger partial charge in [-0.1, -0.05) is 0 Å². The maximum atomic E-state index is 11.0. The maximum Gasteiger partial charge on any atom is 0.182 e. The zero-order valence-electron chi connectivity index (χ0n) is 6.68. The topological polar surface area (TPSA) is 34.1 Å². The minimum Gasteiger partial charge on any atom is -0.290 e. The Morgan fingerprint density at radius 3 is 2.30 bits per heavy atom. The first kappa shape index (κ1) is 5.59. The minimum absolute atomic E-state index is 0.117. The quantitative estimate of drug-likeness (QED) is 0.467. The summed E-state index contributed by atoms with van der Waals surface area (Å²) in [4.78, 5) is 21.9. The monoisotopic (exact) mass is 137 g/mol. The number of carbonyl (C=O) groups is 2. The summed E-state index contributed by atoms with van der Waals surface area (Å²) >= 11 is 0. The van der Waals surface area contributed by atoms with E-state index in [1.165, 1.54) is 12.2 Å². The molecule has 0 N–H and O–H groups in total. The van der Waals surface area contributed by atoms with Crippen molar-refractivity contribution in [3.63, 3.8) is 0 Å². The molecule has 0 aromatic carbocycles. The van der Waals surface area contributed by atoms with Gasteiger partial charge in [0.15, 0.2) is 11.6 Å². The summed E-state index contributed by atoms with van der Waals surface area (Å²) in [5.41, 5.74) is 0.729. The molecule has 0 aliphatic heterocycles. The summed E-state index contributed by atoms with van der Waals surface area (Å²) in [6.07, 6.45) is 2.52. The number of allylic oxidation sites excluding steroid dienone is 4. The lowest BCUT2D eigenvalue weighted by atomic mass is 10.00. The van der Waals surface area contributed by atoms with E-state index in [0.717, 1.165) is 0 Å². The standard InChI is InChI=1S/C8H8O2/c1-5-3-8(10)6(2)4-7(5)9/h3-4H,1-2H3/i1D. The van der Waals surface area contributed by atoms with Crippen molar-refractivity contribution in [2.24, 2.45) is 0 Å². The molecule has 0 atom stereocenters. The fourth-order valence-electron chi connectivity index (χ4n) is 0.704. The molecule has 0 aromatic rings. The second-order valence-corrected chi connectivity index (χ2v) is 2.23. The van der Waals surface area contributed by atoms with Crippen molar-refractivity contribution in [2.45, 2.75) is 13.8 Å². The Hall–Kier alpha value is -1.18. The van der Waals surface area contributed by atoms with Crippen LogP contribution in [0.25, 0.3) is 0 Å². The molecule has 1 aliphatic carbocycles. The first-order chi connectivity index (χ1) is 5.15. The Bertz CT molecular complexity index is 274. The normalized spacial score (nSPS) is 19.9. The Labute approximate surface area is 60.6 Å². The first-order valence-electron chi connectivity index (χ1n) is 3.62. The average Bonchev–Trinajstić information content (AvgIpc) is 1.97. The van der Waals surface area contributed by atoms with Gasteiger partial charge in [0, 0.05) is 12.5 Å². The highest BCUT2D eigenvalue weighted by Gasteiger charge is 2.12. The Morgan fingerprint density at radius 2 is 1.70 bits per heavy atom. The average molecular weight is 137 g/mol. The van der Waals surface area contributed by atoms with Crippen molar-refractivity contribution in [1.82, 2.24) is 0 Å². The van der Waals surface area contributed by atoms with Crippen LogP contribution in [-0.4, -0.2) is 11.6 Å². The molecule has 2 heteroatoms. The van der Waals surface area contributed by atoms with E-state index in [9.17, 15) is 9.59 Å². The molecule has 0 fully saturated rings. The van der Waals surface area contributed by atoms with Crippen molar-refractivity contribution in [3.05, 3.63) is 23.3 Å². The van der Waals surface area contributed by atoms with Gasteiger partial charge < -0.3 is 0 Å². The van der Waals surface area contributed by atoms with Gasteiger partial charge in [-0.3, -0.25) is 9.59 Å². The molecule has 0 spiro atoms. The molecule has 0 saturated carbocycles. The SMILES string of the molecule is [2H]CC1=CC(=O)C(C)=CC1=O. The van der Waals surface area contributed by atoms with Crippen molar-refractivity contribution in [3.8, 4) is 0 Å². The highest BCUT2D eigenvalue weighted by molar-refractivity contribution is 6.19. The third kappa shape index (κ3) is 1.05. The first-order valence-corrected chi connectivity index (χ1v) is 2.92. The van der Waals surface area contributed by atoms with Crippen LogP contribution in [-0.2, 0) is 9.59 Å². The molecule has 10 heavy (non-hydrogen) atoms. The molecule has 0 bridgehead atoms.